The number of rotatable bonds is 4. The van der Waals surface area contributed by atoms with Crippen molar-refractivity contribution in [3.63, 3.8) is 0 Å². The Hall–Kier alpha value is -1.78. The van der Waals surface area contributed by atoms with Gasteiger partial charge in [0.15, 0.2) is 5.65 Å². The van der Waals surface area contributed by atoms with Crippen molar-refractivity contribution in [2.75, 3.05) is 0 Å². The molecule has 0 aromatic carbocycles. The Morgan fingerprint density at radius 3 is 2.80 bits per heavy atom. The largest absolute Gasteiger partial charge is 0.439 e. The van der Waals surface area contributed by atoms with Gasteiger partial charge in [0.25, 0.3) is 0 Å². The van der Waals surface area contributed by atoms with E-state index in [1.807, 2.05) is 6.33 Å². The molecule has 0 saturated heterocycles. The number of hydrogen-bond acceptors (Lipinski definition) is 6. The number of imidazole rings is 1. The van der Waals surface area contributed by atoms with E-state index >= 15 is 0 Å². The summed E-state index contributed by atoms with van der Waals surface area (Å²) >= 11 is 2.28. The van der Waals surface area contributed by atoms with Crippen LogP contribution in [0.4, 0.5) is 0 Å². The van der Waals surface area contributed by atoms with Gasteiger partial charge >= 0.3 is 5.76 Å². The molecule has 1 aliphatic carbocycles. The zero-order valence-corrected chi connectivity index (χ0v) is 16.1. The van der Waals surface area contributed by atoms with Crippen molar-refractivity contribution >= 4 is 33.8 Å². The van der Waals surface area contributed by atoms with Crippen molar-refractivity contribution in [1.82, 2.24) is 29.7 Å². The number of aromatic amines is 1. The van der Waals surface area contributed by atoms with Gasteiger partial charge in [-0.05, 0) is 24.7 Å². The molecule has 0 atom stereocenters. The van der Waals surface area contributed by atoms with Crippen LogP contribution in [-0.4, -0.2) is 29.7 Å². The van der Waals surface area contributed by atoms with E-state index in [1.165, 1.54) is 25.7 Å². The predicted octanol–water partition coefficient (Wildman–Crippen LogP) is 2.93. The summed E-state index contributed by atoms with van der Waals surface area (Å²) in [6.07, 6.45) is 6.98. The van der Waals surface area contributed by atoms with Crippen molar-refractivity contribution in [1.29, 1.82) is 0 Å². The minimum Gasteiger partial charge on any atom is -0.327 e. The van der Waals surface area contributed by atoms with Gasteiger partial charge in [-0.2, -0.15) is 0 Å². The van der Waals surface area contributed by atoms with Crippen LogP contribution in [0.5, 0.6) is 0 Å². The number of alkyl halides is 1. The molecule has 1 aliphatic rings. The van der Waals surface area contributed by atoms with Crippen molar-refractivity contribution in [3.05, 3.63) is 22.6 Å². The average molecular weight is 454 g/mol. The highest BCUT2D eigenvalue weighted by Crippen LogP contribution is 2.30. The van der Waals surface area contributed by atoms with Gasteiger partial charge in [-0.15, -0.1) is 0 Å². The van der Waals surface area contributed by atoms with Crippen LogP contribution in [0.1, 0.15) is 38.3 Å². The Kier molecular flexibility index (Phi) is 4.57. The topological polar surface area (TPSA) is 102 Å². The molecule has 3 aromatic rings. The Balaban J connectivity index is 1.69. The summed E-state index contributed by atoms with van der Waals surface area (Å²) in [6, 6.07) is 0. The van der Waals surface area contributed by atoms with E-state index in [1.54, 1.807) is 0 Å². The van der Waals surface area contributed by atoms with Crippen LogP contribution < -0.4 is 5.76 Å². The average Bonchev–Trinajstić information content (AvgIpc) is 3.23. The third-order valence-electron chi connectivity index (χ3n) is 4.91. The molecule has 1 fully saturated rings. The van der Waals surface area contributed by atoms with E-state index in [0.29, 0.717) is 17.4 Å². The summed E-state index contributed by atoms with van der Waals surface area (Å²) in [5.74, 6) is 1.47. The van der Waals surface area contributed by atoms with Crippen LogP contribution in [0, 0.1) is 11.8 Å². The molecule has 3 aromatic heterocycles. The van der Waals surface area contributed by atoms with Crippen molar-refractivity contribution in [3.8, 4) is 11.6 Å². The maximum Gasteiger partial charge on any atom is 0.439 e. The number of nitrogens with zero attached hydrogens (tertiary/aromatic N) is 5. The van der Waals surface area contributed by atoms with Gasteiger partial charge in [0, 0.05) is 11.0 Å². The van der Waals surface area contributed by atoms with Crippen molar-refractivity contribution in [2.24, 2.45) is 11.8 Å². The zero-order valence-electron chi connectivity index (χ0n) is 13.9. The fourth-order valence-electron chi connectivity index (χ4n) is 3.51. The fourth-order valence-corrected chi connectivity index (χ4v) is 4.04. The highest BCUT2D eigenvalue weighted by Gasteiger charge is 2.21. The number of fused-ring (bicyclic) bond motifs is 1. The van der Waals surface area contributed by atoms with Gasteiger partial charge in [-0.25, -0.2) is 19.7 Å². The lowest BCUT2D eigenvalue weighted by Crippen LogP contribution is -2.17. The number of nitrogens with one attached hydrogen (secondary N) is 1. The fraction of sp³-hybridized carbons (Fsp3) is 0.562. The molecule has 8 nitrogen and oxygen atoms in total. The molecule has 132 valence electrons. The van der Waals surface area contributed by atoms with Gasteiger partial charge in [0.05, 0.1) is 12.0 Å². The molecule has 3 heterocycles. The molecule has 0 bridgehead atoms. The van der Waals surface area contributed by atoms with Crippen LogP contribution in [0.3, 0.4) is 0 Å². The molecule has 0 radical (unpaired) electrons. The monoisotopic (exact) mass is 454 g/mol. The molecule has 0 aliphatic heterocycles. The summed E-state index contributed by atoms with van der Waals surface area (Å²) in [4.78, 5) is 27.1. The molecular weight excluding hydrogens is 435 g/mol. The van der Waals surface area contributed by atoms with Crippen LogP contribution in [0.2, 0.25) is 0 Å². The highest BCUT2D eigenvalue weighted by molar-refractivity contribution is 14.1. The molecule has 9 heteroatoms. The standard InChI is InChI=1S/C16H19IN6O2/c1-9-2-4-10(5-3-9)7-23-8-18-13-12(23)11(6-17)19-14(20-13)15-21-16(24)25-22-15/h8-10H,2-7H2,1H3,(H,21,22,24). The van der Waals surface area contributed by atoms with E-state index in [0.717, 1.165) is 28.1 Å². The first-order chi connectivity index (χ1) is 12.1. The number of H-pyrrole nitrogens is 1. The summed E-state index contributed by atoms with van der Waals surface area (Å²) in [7, 11) is 0. The van der Waals surface area contributed by atoms with Crippen LogP contribution in [0.15, 0.2) is 15.6 Å². The number of hydrogen-bond donors (Lipinski definition) is 1. The van der Waals surface area contributed by atoms with E-state index in [-0.39, 0.29) is 5.82 Å². The van der Waals surface area contributed by atoms with Crippen LogP contribution in [0.25, 0.3) is 22.8 Å². The predicted molar refractivity (Wildman–Crippen MR) is 100 cm³/mol. The molecular formula is C16H19IN6O2. The van der Waals surface area contributed by atoms with Gasteiger partial charge in [0.1, 0.15) is 5.52 Å². The zero-order chi connectivity index (χ0) is 17.4. The molecule has 25 heavy (non-hydrogen) atoms. The smallest absolute Gasteiger partial charge is 0.327 e. The van der Waals surface area contributed by atoms with Gasteiger partial charge < -0.3 is 4.57 Å². The maximum atomic E-state index is 11.2. The summed E-state index contributed by atoms with van der Waals surface area (Å²) in [5.41, 5.74) is 2.50. The van der Waals surface area contributed by atoms with Crippen LogP contribution in [-0.2, 0) is 11.0 Å². The summed E-state index contributed by atoms with van der Waals surface area (Å²) < 4.78 is 7.45. The first-order valence-electron chi connectivity index (χ1n) is 8.48. The van der Waals surface area contributed by atoms with Crippen LogP contribution >= 0.6 is 22.6 Å². The van der Waals surface area contributed by atoms with Gasteiger partial charge in [0.2, 0.25) is 11.6 Å². The number of halogens is 1. The minimum atomic E-state index is -0.619. The lowest BCUT2D eigenvalue weighted by molar-refractivity contribution is 0.266. The Morgan fingerprint density at radius 1 is 1.32 bits per heavy atom. The Labute approximate surface area is 157 Å². The Morgan fingerprint density at radius 2 is 2.12 bits per heavy atom. The first kappa shape index (κ1) is 16.7. The molecule has 1 N–H and O–H groups in total. The molecule has 0 unspecified atom stereocenters. The highest BCUT2D eigenvalue weighted by atomic mass is 127. The van der Waals surface area contributed by atoms with E-state index in [9.17, 15) is 4.79 Å². The third-order valence-corrected chi connectivity index (χ3v) is 5.64. The summed E-state index contributed by atoms with van der Waals surface area (Å²) in [5, 5.41) is 3.67. The molecule has 0 spiro atoms. The SMILES string of the molecule is CC1CCC(Cn2cnc3nc(-c4noc(=O)[nH]4)nc(CI)c32)CC1. The first-order valence-corrected chi connectivity index (χ1v) is 10.0. The molecule has 4 rings (SSSR count). The number of aromatic nitrogens is 6. The Bertz CT molecular complexity index is 938. The second-order valence-corrected chi connectivity index (χ2v) is 7.53. The molecule has 0 amide bonds. The summed E-state index contributed by atoms with van der Waals surface area (Å²) in [6.45, 7) is 3.29. The lowest BCUT2D eigenvalue weighted by atomic mass is 9.83. The lowest BCUT2D eigenvalue weighted by Gasteiger charge is -2.26. The van der Waals surface area contributed by atoms with Crippen molar-refractivity contribution < 1.29 is 4.52 Å². The van der Waals surface area contributed by atoms with E-state index in [2.05, 4.69) is 63.7 Å². The van der Waals surface area contributed by atoms with E-state index < -0.39 is 5.76 Å². The third kappa shape index (κ3) is 3.33. The van der Waals surface area contributed by atoms with Gasteiger partial charge in [-0.3, -0.25) is 9.51 Å². The van der Waals surface area contributed by atoms with Crippen molar-refractivity contribution in [2.45, 2.75) is 43.6 Å². The minimum absolute atomic E-state index is 0.230. The molecule has 1 saturated carbocycles. The van der Waals surface area contributed by atoms with E-state index in [4.69, 9.17) is 0 Å². The maximum absolute atomic E-state index is 11.2. The quantitative estimate of drug-likeness (QED) is 0.481. The second-order valence-electron chi connectivity index (χ2n) is 6.77. The second kappa shape index (κ2) is 6.85. The normalized spacial score (nSPS) is 21.0. The van der Waals surface area contributed by atoms with Gasteiger partial charge in [-0.1, -0.05) is 47.5 Å².